The van der Waals surface area contributed by atoms with Gasteiger partial charge in [0.05, 0.1) is 12.2 Å². The van der Waals surface area contributed by atoms with Gasteiger partial charge >= 0.3 is 0 Å². The Balaban J connectivity index is 1.73. The summed E-state index contributed by atoms with van der Waals surface area (Å²) in [4.78, 5) is 2.42. The molecule has 0 saturated carbocycles. The Kier molecular flexibility index (Phi) is 4.54. The van der Waals surface area contributed by atoms with E-state index in [0.717, 1.165) is 13.0 Å². The molecular weight excluding hydrogens is 231 g/mol. The van der Waals surface area contributed by atoms with Gasteiger partial charge in [-0.05, 0) is 44.5 Å². The van der Waals surface area contributed by atoms with Crippen molar-refractivity contribution in [3.63, 3.8) is 0 Å². The summed E-state index contributed by atoms with van der Waals surface area (Å²) in [5.41, 5.74) is 0.0550. The normalized spacial score (nSPS) is 15.6. The first kappa shape index (κ1) is 12.8. The first-order valence-corrected chi connectivity index (χ1v) is 6.34. The average molecular weight is 248 g/mol. The van der Waals surface area contributed by atoms with E-state index in [0.29, 0.717) is 12.4 Å². The van der Waals surface area contributed by atoms with Crippen molar-refractivity contribution in [3.05, 3.63) is 29.6 Å². The van der Waals surface area contributed by atoms with Crippen molar-refractivity contribution >= 4 is 0 Å². The fraction of sp³-hybridized carbons (Fsp3) is 0.500. The molecule has 1 heterocycles. The van der Waals surface area contributed by atoms with E-state index in [1.54, 1.807) is 12.1 Å². The summed E-state index contributed by atoms with van der Waals surface area (Å²) in [5, 5.41) is 8.61. The molecule has 96 valence electrons. The van der Waals surface area contributed by atoms with Gasteiger partial charge in [-0.25, -0.2) is 4.39 Å². The lowest BCUT2D eigenvalue weighted by Crippen LogP contribution is -2.21. The van der Waals surface area contributed by atoms with Crippen molar-refractivity contribution in [3.8, 4) is 11.8 Å². The fourth-order valence-corrected chi connectivity index (χ4v) is 2.16. The lowest BCUT2D eigenvalue weighted by molar-refractivity contribution is 0.262. The van der Waals surface area contributed by atoms with E-state index in [1.807, 2.05) is 0 Å². The van der Waals surface area contributed by atoms with E-state index in [9.17, 15) is 4.39 Å². The van der Waals surface area contributed by atoms with Crippen LogP contribution >= 0.6 is 0 Å². The average Bonchev–Trinajstić information content (AvgIpc) is 2.88. The highest BCUT2D eigenvalue weighted by Crippen LogP contribution is 2.16. The van der Waals surface area contributed by atoms with E-state index < -0.39 is 5.82 Å². The van der Waals surface area contributed by atoms with Gasteiger partial charge in [-0.2, -0.15) is 5.26 Å². The van der Waals surface area contributed by atoms with Crippen molar-refractivity contribution in [2.24, 2.45) is 0 Å². The Morgan fingerprint density at radius 2 is 2.11 bits per heavy atom. The number of halogens is 1. The highest BCUT2D eigenvalue weighted by molar-refractivity contribution is 5.36. The van der Waals surface area contributed by atoms with E-state index in [4.69, 9.17) is 10.00 Å². The fourth-order valence-electron chi connectivity index (χ4n) is 2.16. The number of rotatable bonds is 5. The quantitative estimate of drug-likeness (QED) is 0.751. The molecule has 0 spiro atoms. The summed E-state index contributed by atoms with van der Waals surface area (Å²) in [6, 6.07) is 6.15. The first-order valence-electron chi connectivity index (χ1n) is 6.34. The maximum absolute atomic E-state index is 13.3. The van der Waals surface area contributed by atoms with Crippen molar-refractivity contribution in [2.75, 3.05) is 26.2 Å². The van der Waals surface area contributed by atoms with E-state index in [-0.39, 0.29) is 5.56 Å². The molecule has 0 radical (unpaired) electrons. The molecule has 1 aromatic carbocycles. The van der Waals surface area contributed by atoms with Crippen LogP contribution in [0, 0.1) is 17.1 Å². The van der Waals surface area contributed by atoms with Crippen LogP contribution in [0.25, 0.3) is 0 Å². The molecule has 3 nitrogen and oxygen atoms in total. The zero-order valence-electron chi connectivity index (χ0n) is 10.4. The topological polar surface area (TPSA) is 36.3 Å². The molecule has 1 fully saturated rings. The largest absolute Gasteiger partial charge is 0.493 e. The molecule has 1 aliphatic heterocycles. The van der Waals surface area contributed by atoms with Gasteiger partial charge in [0.1, 0.15) is 17.6 Å². The molecule has 0 bridgehead atoms. The molecule has 1 aliphatic rings. The van der Waals surface area contributed by atoms with Gasteiger partial charge in [0, 0.05) is 12.6 Å². The monoisotopic (exact) mass is 248 g/mol. The second kappa shape index (κ2) is 6.36. The maximum Gasteiger partial charge on any atom is 0.144 e. The highest BCUT2D eigenvalue weighted by Gasteiger charge is 2.10. The van der Waals surface area contributed by atoms with E-state index in [1.165, 1.54) is 38.1 Å². The molecule has 18 heavy (non-hydrogen) atoms. The van der Waals surface area contributed by atoms with Gasteiger partial charge in [-0.1, -0.05) is 0 Å². The van der Waals surface area contributed by atoms with Gasteiger partial charge in [-0.15, -0.1) is 0 Å². The van der Waals surface area contributed by atoms with Crippen LogP contribution in [0.2, 0.25) is 0 Å². The Bertz CT molecular complexity index is 436. The molecule has 2 rings (SSSR count). The van der Waals surface area contributed by atoms with Crippen molar-refractivity contribution in [1.82, 2.24) is 4.90 Å². The van der Waals surface area contributed by atoms with Gasteiger partial charge in [0.2, 0.25) is 0 Å². The second-order valence-corrected chi connectivity index (χ2v) is 4.50. The zero-order valence-corrected chi connectivity index (χ0v) is 10.4. The molecule has 0 aromatic heterocycles. The standard InChI is InChI=1S/C14H17FN2O/c15-14-10-13(5-4-12(14)11-16)18-9-3-8-17-6-1-2-7-17/h4-5,10H,1-3,6-9H2. The van der Waals surface area contributed by atoms with Crippen LogP contribution in [0.1, 0.15) is 24.8 Å². The predicted molar refractivity (Wildman–Crippen MR) is 66.9 cm³/mol. The summed E-state index contributed by atoms with van der Waals surface area (Å²) >= 11 is 0. The minimum absolute atomic E-state index is 0.0550. The summed E-state index contributed by atoms with van der Waals surface area (Å²) in [6.45, 7) is 4.00. The molecule has 4 heteroatoms. The van der Waals surface area contributed by atoms with Crippen LogP contribution in [-0.4, -0.2) is 31.1 Å². The zero-order chi connectivity index (χ0) is 12.8. The summed E-state index contributed by atoms with van der Waals surface area (Å²) in [7, 11) is 0. The van der Waals surface area contributed by atoms with Gasteiger partial charge in [-0.3, -0.25) is 0 Å². The van der Waals surface area contributed by atoms with Crippen LogP contribution in [0.15, 0.2) is 18.2 Å². The minimum Gasteiger partial charge on any atom is -0.493 e. The van der Waals surface area contributed by atoms with Gasteiger partial charge in [0.15, 0.2) is 0 Å². The van der Waals surface area contributed by atoms with E-state index in [2.05, 4.69) is 4.90 Å². The molecule has 0 unspecified atom stereocenters. The Labute approximate surface area is 107 Å². The Hall–Kier alpha value is -1.60. The maximum atomic E-state index is 13.3. The second-order valence-electron chi connectivity index (χ2n) is 4.50. The van der Waals surface area contributed by atoms with E-state index >= 15 is 0 Å². The smallest absolute Gasteiger partial charge is 0.144 e. The molecule has 0 N–H and O–H groups in total. The molecule has 1 aromatic rings. The van der Waals surface area contributed by atoms with Crippen LogP contribution in [0.5, 0.6) is 5.75 Å². The predicted octanol–water partition coefficient (Wildman–Crippen LogP) is 2.56. The number of nitrogens with zero attached hydrogens (tertiary/aromatic N) is 2. The van der Waals surface area contributed by atoms with Crippen molar-refractivity contribution < 1.29 is 9.13 Å². The Morgan fingerprint density at radius 1 is 1.33 bits per heavy atom. The molecule has 0 aliphatic carbocycles. The molecule has 0 amide bonds. The molecule has 1 saturated heterocycles. The molecular formula is C14H17FN2O. The van der Waals surface area contributed by atoms with Crippen LogP contribution in [-0.2, 0) is 0 Å². The number of hydrogen-bond acceptors (Lipinski definition) is 3. The third-order valence-electron chi connectivity index (χ3n) is 3.15. The van der Waals surface area contributed by atoms with Crippen LogP contribution < -0.4 is 4.74 Å². The van der Waals surface area contributed by atoms with Crippen LogP contribution in [0.4, 0.5) is 4.39 Å². The van der Waals surface area contributed by atoms with Gasteiger partial charge in [0.25, 0.3) is 0 Å². The number of hydrogen-bond donors (Lipinski definition) is 0. The number of likely N-dealkylation sites (tertiary alicyclic amines) is 1. The first-order chi connectivity index (χ1) is 8.79. The van der Waals surface area contributed by atoms with Crippen molar-refractivity contribution in [1.29, 1.82) is 5.26 Å². The highest BCUT2D eigenvalue weighted by atomic mass is 19.1. The molecule has 0 atom stereocenters. The SMILES string of the molecule is N#Cc1ccc(OCCCN2CCCC2)cc1F. The number of ether oxygens (including phenoxy) is 1. The lowest BCUT2D eigenvalue weighted by Gasteiger charge is -2.14. The van der Waals surface area contributed by atoms with Crippen LogP contribution in [0.3, 0.4) is 0 Å². The Morgan fingerprint density at radius 3 is 2.78 bits per heavy atom. The third-order valence-corrected chi connectivity index (χ3v) is 3.15. The van der Waals surface area contributed by atoms with Crippen molar-refractivity contribution in [2.45, 2.75) is 19.3 Å². The number of nitriles is 1. The number of benzene rings is 1. The summed E-state index contributed by atoms with van der Waals surface area (Å²) in [5.74, 6) is -0.0255. The summed E-state index contributed by atoms with van der Waals surface area (Å²) in [6.07, 6.45) is 3.53. The third kappa shape index (κ3) is 3.44. The lowest BCUT2D eigenvalue weighted by atomic mass is 10.2. The van der Waals surface area contributed by atoms with Gasteiger partial charge < -0.3 is 9.64 Å². The minimum atomic E-state index is -0.519. The summed E-state index contributed by atoms with van der Waals surface area (Å²) < 4.78 is 18.8.